The number of amides is 1. The van der Waals surface area contributed by atoms with Crippen molar-refractivity contribution >= 4 is 11.7 Å². The van der Waals surface area contributed by atoms with E-state index in [9.17, 15) is 9.59 Å². The fourth-order valence-electron chi connectivity index (χ4n) is 5.25. The number of rotatable bonds is 2. The summed E-state index contributed by atoms with van der Waals surface area (Å²) in [6, 6.07) is 5.95. The van der Waals surface area contributed by atoms with Crippen LogP contribution in [-0.2, 0) is 26.4 Å². The molecule has 3 aromatic rings. The predicted molar refractivity (Wildman–Crippen MR) is 122 cm³/mol. The van der Waals surface area contributed by atoms with E-state index < -0.39 is 0 Å². The summed E-state index contributed by atoms with van der Waals surface area (Å²) in [5.41, 5.74) is 7.27. The van der Waals surface area contributed by atoms with Gasteiger partial charge < -0.3 is 9.13 Å². The average molecular weight is 417 g/mol. The van der Waals surface area contributed by atoms with E-state index in [0.717, 1.165) is 41.8 Å². The maximum absolute atomic E-state index is 13.5. The molecule has 6 nitrogen and oxygen atoms in total. The van der Waals surface area contributed by atoms with Crippen molar-refractivity contribution in [3.05, 3.63) is 69.0 Å². The Hall–Kier alpha value is -3.15. The molecule has 0 aromatic carbocycles. The van der Waals surface area contributed by atoms with Crippen molar-refractivity contribution in [2.75, 3.05) is 11.4 Å². The second kappa shape index (κ2) is 6.67. The highest BCUT2D eigenvalue weighted by Crippen LogP contribution is 2.40. The summed E-state index contributed by atoms with van der Waals surface area (Å²) >= 11 is 0. The van der Waals surface area contributed by atoms with Crippen LogP contribution >= 0.6 is 0 Å². The minimum absolute atomic E-state index is 0.00104. The van der Waals surface area contributed by atoms with Crippen molar-refractivity contribution in [1.82, 2.24) is 14.1 Å². The van der Waals surface area contributed by atoms with Crippen molar-refractivity contribution in [3.8, 4) is 11.1 Å². The molecule has 0 spiro atoms. The molecular formula is C25H28N4O2. The van der Waals surface area contributed by atoms with Crippen LogP contribution in [0, 0.1) is 19.3 Å². The van der Waals surface area contributed by atoms with Crippen LogP contribution in [0.1, 0.15) is 46.7 Å². The van der Waals surface area contributed by atoms with E-state index in [1.165, 1.54) is 11.3 Å². The minimum Gasteiger partial charge on any atom is -0.339 e. The highest BCUT2D eigenvalue weighted by Gasteiger charge is 2.37. The van der Waals surface area contributed by atoms with E-state index in [1.54, 1.807) is 17.8 Å². The Morgan fingerprint density at radius 2 is 1.84 bits per heavy atom. The first kappa shape index (κ1) is 19.8. The Labute approximate surface area is 182 Å². The molecule has 0 unspecified atom stereocenters. The summed E-state index contributed by atoms with van der Waals surface area (Å²) < 4.78 is 3.82. The molecule has 0 radical (unpaired) electrons. The third-order valence-electron chi connectivity index (χ3n) is 6.73. The molecular weight excluding hydrogens is 388 g/mol. The summed E-state index contributed by atoms with van der Waals surface area (Å²) in [6.45, 7) is 9.80. The highest BCUT2D eigenvalue weighted by molar-refractivity contribution is 6.06. The van der Waals surface area contributed by atoms with Gasteiger partial charge in [-0.2, -0.15) is 0 Å². The van der Waals surface area contributed by atoms with Gasteiger partial charge in [0, 0.05) is 43.8 Å². The molecule has 0 saturated heterocycles. The third kappa shape index (κ3) is 3.04. The van der Waals surface area contributed by atoms with Gasteiger partial charge in [0.05, 0.1) is 0 Å². The zero-order valence-electron chi connectivity index (χ0n) is 18.8. The van der Waals surface area contributed by atoms with Crippen LogP contribution in [-0.4, -0.2) is 26.6 Å². The summed E-state index contributed by atoms with van der Waals surface area (Å²) in [5, 5.41) is 0. The second-order valence-electron chi connectivity index (χ2n) is 9.76. The molecule has 0 atom stereocenters. The molecule has 31 heavy (non-hydrogen) atoms. The Kier molecular flexibility index (Phi) is 4.26. The van der Waals surface area contributed by atoms with Crippen LogP contribution in [0.5, 0.6) is 0 Å². The lowest BCUT2D eigenvalue weighted by atomic mass is 9.90. The molecule has 0 bridgehead atoms. The maximum Gasteiger partial charge on any atom is 0.276 e. The van der Waals surface area contributed by atoms with Crippen LogP contribution in [0.15, 0.2) is 35.4 Å². The van der Waals surface area contributed by atoms with E-state index in [0.29, 0.717) is 17.9 Å². The minimum atomic E-state index is -0.00104. The number of nitrogens with zero attached hydrogens (tertiary/aromatic N) is 4. The van der Waals surface area contributed by atoms with E-state index in [-0.39, 0.29) is 16.9 Å². The summed E-state index contributed by atoms with van der Waals surface area (Å²) in [5.74, 6) is 0.713. The molecule has 0 N–H and O–H groups in total. The smallest absolute Gasteiger partial charge is 0.276 e. The van der Waals surface area contributed by atoms with Gasteiger partial charge in [0.2, 0.25) is 0 Å². The Balaban J connectivity index is 1.54. The van der Waals surface area contributed by atoms with Crippen LogP contribution in [0.25, 0.3) is 11.1 Å². The van der Waals surface area contributed by atoms with E-state index >= 15 is 0 Å². The third-order valence-corrected chi connectivity index (χ3v) is 6.73. The lowest BCUT2D eigenvalue weighted by molar-refractivity contribution is 0.0963. The number of hydrogen-bond donors (Lipinski definition) is 0. The largest absolute Gasteiger partial charge is 0.339 e. The fraction of sp³-hybridized carbons (Fsp3) is 0.400. The van der Waals surface area contributed by atoms with Gasteiger partial charge in [-0.25, -0.2) is 4.98 Å². The monoisotopic (exact) mass is 416 g/mol. The zero-order valence-corrected chi connectivity index (χ0v) is 18.8. The number of anilines is 1. The van der Waals surface area contributed by atoms with Crippen LogP contribution in [0.2, 0.25) is 0 Å². The van der Waals surface area contributed by atoms with Crippen molar-refractivity contribution in [2.24, 2.45) is 12.5 Å². The van der Waals surface area contributed by atoms with Crippen LogP contribution < -0.4 is 10.5 Å². The molecule has 1 aliphatic heterocycles. The molecule has 0 fully saturated rings. The first-order valence-electron chi connectivity index (χ1n) is 10.8. The van der Waals surface area contributed by atoms with Gasteiger partial charge in [0.25, 0.3) is 11.5 Å². The van der Waals surface area contributed by atoms with Gasteiger partial charge in [-0.05, 0) is 72.6 Å². The number of hydrogen-bond acceptors (Lipinski definition) is 3. The van der Waals surface area contributed by atoms with Gasteiger partial charge >= 0.3 is 0 Å². The molecule has 160 valence electrons. The average Bonchev–Trinajstić information content (AvgIpc) is 3.19. The van der Waals surface area contributed by atoms with Crippen LogP contribution in [0.4, 0.5) is 5.82 Å². The van der Waals surface area contributed by atoms with Gasteiger partial charge in [-0.3, -0.25) is 14.5 Å². The van der Waals surface area contributed by atoms with E-state index in [4.69, 9.17) is 0 Å². The number of fused-ring (bicyclic) bond motifs is 3. The topological polar surface area (TPSA) is 60.1 Å². The summed E-state index contributed by atoms with van der Waals surface area (Å²) in [6.07, 6.45) is 5.64. The number of pyridine rings is 2. The second-order valence-corrected chi connectivity index (χ2v) is 9.76. The standard InChI is InChI=1S/C25H28N4O2/c1-15-10-18(14-27(5)23(15)30)19-6-7-26-22(16(19)2)29-9-8-28-20(24(29)31)11-17-12-25(3,4)13-21(17)28/h6-7,10-11,14H,8-9,12-13H2,1-5H3. The number of carbonyl (C=O) groups is 1. The lowest BCUT2D eigenvalue weighted by Crippen LogP contribution is -2.41. The molecule has 3 aromatic heterocycles. The normalized spacial score (nSPS) is 17.1. The van der Waals surface area contributed by atoms with E-state index in [2.05, 4.69) is 29.5 Å². The number of aromatic nitrogens is 3. The van der Waals surface area contributed by atoms with E-state index in [1.807, 2.05) is 37.1 Å². The summed E-state index contributed by atoms with van der Waals surface area (Å²) in [4.78, 5) is 32.0. The van der Waals surface area contributed by atoms with Gasteiger partial charge in [0.1, 0.15) is 11.5 Å². The first-order valence-corrected chi connectivity index (χ1v) is 10.8. The first-order chi connectivity index (χ1) is 14.7. The highest BCUT2D eigenvalue weighted by atomic mass is 16.2. The molecule has 6 heteroatoms. The van der Waals surface area contributed by atoms with Gasteiger partial charge in [-0.1, -0.05) is 13.8 Å². The van der Waals surface area contributed by atoms with Crippen molar-refractivity contribution in [2.45, 2.75) is 47.1 Å². The molecule has 0 saturated carbocycles. The van der Waals surface area contributed by atoms with Crippen LogP contribution in [0.3, 0.4) is 0 Å². The predicted octanol–water partition coefficient (Wildman–Crippen LogP) is 3.65. The molecule has 5 rings (SSSR count). The quantitative estimate of drug-likeness (QED) is 0.641. The Morgan fingerprint density at radius 3 is 2.58 bits per heavy atom. The summed E-state index contributed by atoms with van der Waals surface area (Å²) in [7, 11) is 1.76. The van der Waals surface area contributed by atoms with Gasteiger partial charge in [0.15, 0.2) is 0 Å². The molecule has 2 aliphatic rings. The molecule has 1 amide bonds. The SMILES string of the molecule is Cc1c(-c2cc(C)c(=O)n(C)c2)ccnc1N1CCn2c(cc3c2CC(C)(C)C3)C1=O. The Bertz CT molecular complexity index is 1270. The molecule has 4 heterocycles. The van der Waals surface area contributed by atoms with Crippen molar-refractivity contribution < 1.29 is 4.79 Å². The zero-order chi connectivity index (χ0) is 22.1. The van der Waals surface area contributed by atoms with Gasteiger partial charge in [-0.15, -0.1) is 0 Å². The maximum atomic E-state index is 13.5. The lowest BCUT2D eigenvalue weighted by Gasteiger charge is -2.30. The molecule has 1 aliphatic carbocycles. The van der Waals surface area contributed by atoms with Crippen molar-refractivity contribution in [1.29, 1.82) is 0 Å². The number of carbonyl (C=O) groups excluding carboxylic acids is 1. The Morgan fingerprint density at radius 1 is 1.06 bits per heavy atom. The number of aryl methyl sites for hydroxylation is 2. The van der Waals surface area contributed by atoms with Crippen molar-refractivity contribution in [3.63, 3.8) is 0 Å². The fourth-order valence-corrected chi connectivity index (χ4v) is 5.25.